The fourth-order valence-electron chi connectivity index (χ4n) is 2.38. The summed E-state index contributed by atoms with van der Waals surface area (Å²) in [5.74, 6) is 0.694. The van der Waals surface area contributed by atoms with Crippen molar-refractivity contribution in [3.63, 3.8) is 0 Å². The highest BCUT2D eigenvalue weighted by Gasteiger charge is 2.27. The number of hydrogen-bond acceptors (Lipinski definition) is 3. The Bertz CT molecular complexity index is 357. The summed E-state index contributed by atoms with van der Waals surface area (Å²) in [6.07, 6.45) is 8.98. The molecule has 1 saturated carbocycles. The molecule has 0 aromatic carbocycles. The van der Waals surface area contributed by atoms with E-state index in [1.54, 1.807) is 6.20 Å². The molecular weight excluding hydrogens is 212 g/mol. The first-order valence-corrected chi connectivity index (χ1v) is 6.52. The van der Waals surface area contributed by atoms with Gasteiger partial charge >= 0.3 is 0 Å². The summed E-state index contributed by atoms with van der Waals surface area (Å²) in [5, 5.41) is 0. The monoisotopic (exact) mass is 234 g/mol. The Morgan fingerprint density at radius 1 is 1.29 bits per heavy atom. The van der Waals surface area contributed by atoms with Crippen molar-refractivity contribution in [1.29, 1.82) is 0 Å². The molecular formula is C14H22N2O. The zero-order valence-corrected chi connectivity index (χ0v) is 10.6. The van der Waals surface area contributed by atoms with Crippen molar-refractivity contribution in [1.82, 2.24) is 4.98 Å². The van der Waals surface area contributed by atoms with E-state index in [9.17, 15) is 0 Å². The highest BCUT2D eigenvalue weighted by molar-refractivity contribution is 5.18. The van der Waals surface area contributed by atoms with Crippen LogP contribution in [0.2, 0.25) is 0 Å². The van der Waals surface area contributed by atoms with Crippen molar-refractivity contribution in [2.45, 2.75) is 51.0 Å². The molecule has 0 amide bonds. The van der Waals surface area contributed by atoms with Crippen LogP contribution in [0.4, 0.5) is 0 Å². The van der Waals surface area contributed by atoms with Crippen LogP contribution in [0.15, 0.2) is 18.3 Å². The van der Waals surface area contributed by atoms with Gasteiger partial charge in [0.05, 0.1) is 5.54 Å². The molecule has 1 aromatic rings. The maximum absolute atomic E-state index is 6.39. The van der Waals surface area contributed by atoms with Crippen LogP contribution in [-0.4, -0.2) is 17.1 Å². The summed E-state index contributed by atoms with van der Waals surface area (Å²) < 4.78 is 5.75. The van der Waals surface area contributed by atoms with Crippen molar-refractivity contribution in [2.75, 3.05) is 6.61 Å². The summed E-state index contributed by atoms with van der Waals surface area (Å²) >= 11 is 0. The van der Waals surface area contributed by atoms with Crippen molar-refractivity contribution in [3.05, 3.63) is 23.9 Å². The van der Waals surface area contributed by atoms with Gasteiger partial charge in [0.1, 0.15) is 6.61 Å². The lowest BCUT2D eigenvalue weighted by molar-refractivity contribution is 0.193. The first kappa shape index (κ1) is 12.4. The van der Waals surface area contributed by atoms with Crippen LogP contribution in [0.5, 0.6) is 5.88 Å². The Labute approximate surface area is 103 Å². The van der Waals surface area contributed by atoms with Gasteiger partial charge in [-0.05, 0) is 31.4 Å². The molecule has 0 spiro atoms. The lowest BCUT2D eigenvalue weighted by Gasteiger charge is -2.27. The fraction of sp³-hybridized carbons (Fsp3) is 0.643. The Balaban J connectivity index is 1.92. The molecule has 0 unspecified atom stereocenters. The smallest absolute Gasteiger partial charge is 0.213 e. The van der Waals surface area contributed by atoms with E-state index < -0.39 is 0 Å². The maximum atomic E-state index is 6.39. The van der Waals surface area contributed by atoms with E-state index in [4.69, 9.17) is 10.5 Å². The normalized spacial score (nSPS) is 19.6. The van der Waals surface area contributed by atoms with E-state index >= 15 is 0 Å². The molecule has 0 radical (unpaired) electrons. The van der Waals surface area contributed by atoms with Crippen LogP contribution < -0.4 is 10.5 Å². The molecule has 1 aliphatic rings. The lowest BCUT2D eigenvalue weighted by Crippen LogP contribution is -2.45. The molecule has 3 heteroatoms. The first-order valence-electron chi connectivity index (χ1n) is 6.52. The van der Waals surface area contributed by atoms with E-state index in [-0.39, 0.29) is 5.54 Å². The van der Waals surface area contributed by atoms with Crippen molar-refractivity contribution in [2.24, 2.45) is 5.73 Å². The predicted octanol–water partition coefficient (Wildman–Crippen LogP) is 2.82. The minimum absolute atomic E-state index is 0.151. The number of pyridine rings is 1. The van der Waals surface area contributed by atoms with Crippen LogP contribution in [0.1, 0.15) is 44.1 Å². The van der Waals surface area contributed by atoms with E-state index in [1.807, 2.05) is 19.1 Å². The Kier molecular flexibility index (Phi) is 4.00. The van der Waals surface area contributed by atoms with Gasteiger partial charge in [-0.2, -0.15) is 0 Å². The zero-order valence-electron chi connectivity index (χ0n) is 10.6. The third-order valence-corrected chi connectivity index (χ3v) is 3.50. The average molecular weight is 234 g/mol. The van der Waals surface area contributed by atoms with Crippen molar-refractivity contribution in [3.8, 4) is 5.88 Å². The van der Waals surface area contributed by atoms with Gasteiger partial charge in [0, 0.05) is 12.3 Å². The molecule has 1 aromatic heterocycles. The van der Waals surface area contributed by atoms with Crippen molar-refractivity contribution >= 4 is 0 Å². The van der Waals surface area contributed by atoms with Crippen LogP contribution in [-0.2, 0) is 0 Å². The summed E-state index contributed by atoms with van der Waals surface area (Å²) in [7, 11) is 0. The number of ether oxygens (including phenoxy) is 1. The molecule has 0 aliphatic heterocycles. The minimum Gasteiger partial charge on any atom is -0.476 e. The molecule has 0 saturated heterocycles. The number of hydrogen-bond donors (Lipinski definition) is 1. The number of nitrogens with two attached hydrogens (primary N) is 1. The molecule has 94 valence electrons. The standard InChI is InChI=1S/C14H22N2O/c1-12-6-9-16-13(10-12)17-11-14(15)7-4-2-3-5-8-14/h6,9-10H,2-5,7-8,11,15H2,1H3. The topological polar surface area (TPSA) is 48.1 Å². The van der Waals surface area contributed by atoms with Crippen molar-refractivity contribution < 1.29 is 4.74 Å². The second-order valence-electron chi connectivity index (χ2n) is 5.24. The Hall–Kier alpha value is -1.09. The van der Waals surface area contributed by atoms with E-state index in [0.29, 0.717) is 12.5 Å². The highest BCUT2D eigenvalue weighted by Crippen LogP contribution is 2.25. The quantitative estimate of drug-likeness (QED) is 0.818. The van der Waals surface area contributed by atoms with E-state index in [1.165, 1.54) is 31.2 Å². The highest BCUT2D eigenvalue weighted by atomic mass is 16.5. The van der Waals surface area contributed by atoms with E-state index in [2.05, 4.69) is 4.98 Å². The maximum Gasteiger partial charge on any atom is 0.213 e. The second-order valence-corrected chi connectivity index (χ2v) is 5.24. The summed E-state index contributed by atoms with van der Waals surface area (Å²) in [6.45, 7) is 2.63. The third-order valence-electron chi connectivity index (χ3n) is 3.50. The molecule has 1 aliphatic carbocycles. The largest absolute Gasteiger partial charge is 0.476 e. The predicted molar refractivity (Wildman–Crippen MR) is 69.1 cm³/mol. The number of nitrogens with zero attached hydrogens (tertiary/aromatic N) is 1. The van der Waals surface area contributed by atoms with Gasteiger partial charge in [-0.1, -0.05) is 25.7 Å². The zero-order chi connectivity index (χ0) is 12.1. The lowest BCUT2D eigenvalue weighted by atomic mass is 9.93. The van der Waals surface area contributed by atoms with Gasteiger partial charge in [-0.3, -0.25) is 0 Å². The molecule has 1 heterocycles. The molecule has 17 heavy (non-hydrogen) atoms. The second kappa shape index (κ2) is 5.50. The molecule has 1 fully saturated rings. The minimum atomic E-state index is -0.151. The average Bonchev–Trinajstić information content (AvgIpc) is 2.53. The summed E-state index contributed by atoms with van der Waals surface area (Å²) in [5.41, 5.74) is 7.41. The van der Waals surface area contributed by atoms with Gasteiger partial charge in [0.2, 0.25) is 5.88 Å². The van der Waals surface area contributed by atoms with Gasteiger partial charge in [-0.25, -0.2) is 4.98 Å². The van der Waals surface area contributed by atoms with Crippen LogP contribution in [0, 0.1) is 6.92 Å². The van der Waals surface area contributed by atoms with E-state index in [0.717, 1.165) is 12.8 Å². The Morgan fingerprint density at radius 2 is 2.00 bits per heavy atom. The summed E-state index contributed by atoms with van der Waals surface area (Å²) in [4.78, 5) is 4.20. The van der Waals surface area contributed by atoms with Gasteiger partial charge in [0.25, 0.3) is 0 Å². The molecule has 2 rings (SSSR count). The first-order chi connectivity index (χ1) is 8.18. The fourth-order valence-corrected chi connectivity index (χ4v) is 2.38. The third kappa shape index (κ3) is 3.70. The molecule has 0 atom stereocenters. The number of aryl methyl sites for hydroxylation is 1. The van der Waals surface area contributed by atoms with Gasteiger partial charge in [-0.15, -0.1) is 0 Å². The van der Waals surface area contributed by atoms with Gasteiger partial charge < -0.3 is 10.5 Å². The summed E-state index contributed by atoms with van der Waals surface area (Å²) in [6, 6.07) is 3.93. The SMILES string of the molecule is Cc1ccnc(OCC2(N)CCCCCC2)c1. The van der Waals surface area contributed by atoms with Crippen LogP contribution >= 0.6 is 0 Å². The van der Waals surface area contributed by atoms with Crippen LogP contribution in [0.3, 0.4) is 0 Å². The number of rotatable bonds is 3. The molecule has 2 N–H and O–H groups in total. The Morgan fingerprint density at radius 3 is 2.65 bits per heavy atom. The van der Waals surface area contributed by atoms with Gasteiger partial charge in [0.15, 0.2) is 0 Å². The molecule has 3 nitrogen and oxygen atoms in total. The molecule has 0 bridgehead atoms. The van der Waals surface area contributed by atoms with Crippen LogP contribution in [0.25, 0.3) is 0 Å². The number of aromatic nitrogens is 1.